The van der Waals surface area contributed by atoms with Crippen molar-refractivity contribution in [3.63, 3.8) is 0 Å². The predicted molar refractivity (Wildman–Crippen MR) is 104 cm³/mol. The largest absolute Gasteiger partial charge is 0.469 e. The minimum absolute atomic E-state index is 0.0586. The molecule has 152 valence electrons. The molecule has 1 amide bonds. The number of ether oxygens (including phenoxy) is 2. The molecule has 0 saturated carbocycles. The quantitative estimate of drug-likeness (QED) is 0.399. The fraction of sp³-hybridized carbons (Fsp3) is 0.350. The molecule has 9 nitrogen and oxygen atoms in total. The molecule has 1 aromatic heterocycles. The van der Waals surface area contributed by atoms with Crippen molar-refractivity contribution < 1.29 is 24.0 Å². The van der Waals surface area contributed by atoms with E-state index in [1.54, 1.807) is 31.2 Å². The molecule has 0 saturated heterocycles. The van der Waals surface area contributed by atoms with E-state index in [0.717, 1.165) is 0 Å². The van der Waals surface area contributed by atoms with Crippen LogP contribution in [0.1, 0.15) is 38.4 Å². The Morgan fingerprint density at radius 1 is 1.28 bits per heavy atom. The second-order valence-electron chi connectivity index (χ2n) is 6.46. The number of nitro groups is 1. The molecule has 1 aliphatic heterocycles. The summed E-state index contributed by atoms with van der Waals surface area (Å²) < 4.78 is 11.1. The third-order valence-electron chi connectivity index (χ3n) is 4.47. The van der Waals surface area contributed by atoms with Gasteiger partial charge in [-0.1, -0.05) is 44.2 Å². The van der Waals surface area contributed by atoms with E-state index < -0.39 is 34.8 Å². The van der Waals surface area contributed by atoms with Crippen molar-refractivity contribution in [3.8, 4) is 5.75 Å². The van der Waals surface area contributed by atoms with Crippen LogP contribution in [-0.4, -0.2) is 34.4 Å². The van der Waals surface area contributed by atoms with E-state index in [9.17, 15) is 19.7 Å². The van der Waals surface area contributed by atoms with E-state index in [2.05, 4.69) is 4.98 Å². The molecule has 0 radical (unpaired) electrons. The summed E-state index contributed by atoms with van der Waals surface area (Å²) in [4.78, 5) is 41.6. The zero-order valence-corrected chi connectivity index (χ0v) is 16.1. The van der Waals surface area contributed by atoms with E-state index >= 15 is 0 Å². The average Bonchev–Trinajstić information content (AvgIpc) is 2.74. The third-order valence-corrected chi connectivity index (χ3v) is 4.47. The first-order valence-electron chi connectivity index (χ1n) is 9.34. The van der Waals surface area contributed by atoms with Gasteiger partial charge in [0.1, 0.15) is 6.04 Å². The van der Waals surface area contributed by atoms with Crippen molar-refractivity contribution in [2.45, 2.75) is 38.8 Å². The summed E-state index contributed by atoms with van der Waals surface area (Å²) in [5, 5.41) is 11.2. The maximum atomic E-state index is 13.3. The molecule has 0 spiro atoms. The standard InChI is InChI=1S/C20H21N3O6/c1-3-12-28-20(25)14(4-2)22-18-15(10-11-16(21-18)23(26)27)29-17(19(22)24)13-8-6-5-7-9-13/h5-11,14,17H,3-4,12H2,1-2H3. The normalized spacial score (nSPS) is 16.6. The van der Waals surface area contributed by atoms with Crippen molar-refractivity contribution >= 4 is 23.5 Å². The van der Waals surface area contributed by atoms with Gasteiger partial charge in [-0.25, -0.2) is 4.79 Å². The first kappa shape index (κ1) is 20.2. The lowest BCUT2D eigenvalue weighted by Gasteiger charge is -2.34. The Labute approximate surface area is 167 Å². The van der Waals surface area contributed by atoms with Crippen molar-refractivity contribution in [1.29, 1.82) is 0 Å². The number of aromatic nitrogens is 1. The molecular formula is C20H21N3O6. The molecule has 0 N–H and O–H groups in total. The van der Waals surface area contributed by atoms with Gasteiger partial charge in [-0.05, 0) is 28.8 Å². The molecule has 0 aliphatic carbocycles. The van der Waals surface area contributed by atoms with Crippen LogP contribution >= 0.6 is 0 Å². The highest BCUT2D eigenvalue weighted by molar-refractivity contribution is 6.04. The van der Waals surface area contributed by atoms with Crippen LogP contribution in [0.15, 0.2) is 42.5 Å². The SMILES string of the molecule is CCCOC(=O)C(CC)N1C(=O)C(c2ccccc2)Oc2ccc([N+](=O)[O-])nc21. The van der Waals surface area contributed by atoms with E-state index in [1.165, 1.54) is 17.0 Å². The third kappa shape index (κ3) is 4.03. The number of hydrogen-bond acceptors (Lipinski definition) is 7. The minimum atomic E-state index is -1.00. The molecule has 2 unspecified atom stereocenters. The van der Waals surface area contributed by atoms with Gasteiger partial charge in [0.2, 0.25) is 6.10 Å². The number of amides is 1. The van der Waals surface area contributed by atoms with E-state index in [4.69, 9.17) is 9.47 Å². The van der Waals surface area contributed by atoms with Gasteiger partial charge in [-0.2, -0.15) is 0 Å². The minimum Gasteiger partial charge on any atom is -0.469 e. The summed E-state index contributed by atoms with van der Waals surface area (Å²) >= 11 is 0. The van der Waals surface area contributed by atoms with E-state index in [0.29, 0.717) is 12.0 Å². The highest BCUT2D eigenvalue weighted by Gasteiger charge is 2.45. The molecule has 29 heavy (non-hydrogen) atoms. The Bertz CT molecular complexity index is 918. The predicted octanol–water partition coefficient (Wildman–Crippen LogP) is 3.19. The Hall–Kier alpha value is -3.49. The molecule has 2 aromatic rings. The van der Waals surface area contributed by atoms with Crippen LogP contribution in [0.25, 0.3) is 0 Å². The Morgan fingerprint density at radius 3 is 2.62 bits per heavy atom. The lowest BCUT2D eigenvalue weighted by atomic mass is 10.0. The number of nitrogens with zero attached hydrogens (tertiary/aromatic N) is 3. The number of rotatable bonds is 7. The van der Waals surface area contributed by atoms with Crippen LogP contribution in [0, 0.1) is 10.1 Å². The highest BCUT2D eigenvalue weighted by Crippen LogP contribution is 2.40. The second kappa shape index (κ2) is 8.68. The Balaban J connectivity index is 2.09. The van der Waals surface area contributed by atoms with Gasteiger partial charge in [0.05, 0.1) is 6.61 Å². The fourth-order valence-electron chi connectivity index (χ4n) is 3.09. The number of pyridine rings is 1. The summed E-state index contributed by atoms with van der Waals surface area (Å²) in [5.41, 5.74) is 0.600. The van der Waals surface area contributed by atoms with E-state index in [1.807, 2.05) is 13.0 Å². The molecule has 9 heteroatoms. The first-order chi connectivity index (χ1) is 14.0. The number of fused-ring (bicyclic) bond motifs is 1. The maximum absolute atomic E-state index is 13.3. The summed E-state index contributed by atoms with van der Waals surface area (Å²) in [7, 11) is 0. The molecule has 1 aliphatic rings. The molecule has 0 fully saturated rings. The lowest BCUT2D eigenvalue weighted by Crippen LogP contribution is -2.51. The van der Waals surface area contributed by atoms with Crippen molar-refractivity contribution in [1.82, 2.24) is 4.98 Å². The van der Waals surface area contributed by atoms with Crippen LogP contribution < -0.4 is 9.64 Å². The number of carbonyl (C=O) groups is 2. The molecular weight excluding hydrogens is 378 g/mol. The number of anilines is 1. The number of benzene rings is 1. The van der Waals surface area contributed by atoms with Crippen molar-refractivity contribution in [2.75, 3.05) is 11.5 Å². The summed E-state index contributed by atoms with van der Waals surface area (Å²) in [6, 6.07) is 10.4. The number of carbonyl (C=O) groups excluding carboxylic acids is 2. The summed E-state index contributed by atoms with van der Waals surface area (Å²) in [6.45, 7) is 3.81. The van der Waals surface area contributed by atoms with Crippen LogP contribution in [-0.2, 0) is 14.3 Å². The Morgan fingerprint density at radius 2 is 2.00 bits per heavy atom. The topological polar surface area (TPSA) is 112 Å². The van der Waals surface area contributed by atoms with Crippen LogP contribution in [0.4, 0.5) is 11.6 Å². The van der Waals surface area contributed by atoms with Gasteiger partial charge >= 0.3 is 11.8 Å². The van der Waals surface area contributed by atoms with Crippen LogP contribution in [0.2, 0.25) is 0 Å². The zero-order valence-electron chi connectivity index (χ0n) is 16.1. The van der Waals surface area contributed by atoms with Gasteiger partial charge in [0, 0.05) is 11.6 Å². The van der Waals surface area contributed by atoms with Gasteiger partial charge < -0.3 is 19.6 Å². The van der Waals surface area contributed by atoms with E-state index in [-0.39, 0.29) is 24.6 Å². The van der Waals surface area contributed by atoms with Gasteiger partial charge in [0.25, 0.3) is 11.7 Å². The van der Waals surface area contributed by atoms with Gasteiger partial charge in [-0.3, -0.25) is 9.69 Å². The van der Waals surface area contributed by atoms with Crippen molar-refractivity contribution in [3.05, 3.63) is 58.1 Å². The second-order valence-corrected chi connectivity index (χ2v) is 6.46. The monoisotopic (exact) mass is 399 g/mol. The van der Waals surface area contributed by atoms with Crippen LogP contribution in [0.3, 0.4) is 0 Å². The maximum Gasteiger partial charge on any atom is 0.366 e. The summed E-state index contributed by atoms with van der Waals surface area (Å²) in [6.07, 6.45) is -0.119. The molecule has 3 rings (SSSR count). The average molecular weight is 399 g/mol. The summed E-state index contributed by atoms with van der Waals surface area (Å²) in [5.74, 6) is -1.43. The smallest absolute Gasteiger partial charge is 0.366 e. The molecule has 2 heterocycles. The van der Waals surface area contributed by atoms with Gasteiger partial charge in [0.15, 0.2) is 5.75 Å². The zero-order chi connectivity index (χ0) is 21.0. The first-order valence-corrected chi connectivity index (χ1v) is 9.34. The molecule has 2 atom stereocenters. The lowest BCUT2D eigenvalue weighted by molar-refractivity contribution is -0.389. The fourth-order valence-corrected chi connectivity index (χ4v) is 3.09. The Kier molecular flexibility index (Phi) is 6.06. The molecule has 1 aromatic carbocycles. The van der Waals surface area contributed by atoms with Crippen molar-refractivity contribution in [2.24, 2.45) is 0 Å². The number of hydrogen-bond donors (Lipinski definition) is 0. The van der Waals surface area contributed by atoms with Crippen LogP contribution in [0.5, 0.6) is 5.75 Å². The highest BCUT2D eigenvalue weighted by atomic mass is 16.6. The number of esters is 1. The molecule has 0 bridgehead atoms. The van der Waals surface area contributed by atoms with Gasteiger partial charge in [-0.15, -0.1) is 0 Å².